The predicted octanol–water partition coefficient (Wildman–Crippen LogP) is 4.16. The Kier molecular flexibility index (Phi) is 5.60. The van der Waals surface area contributed by atoms with Gasteiger partial charge in [0, 0.05) is 4.47 Å². The highest BCUT2D eigenvalue weighted by atomic mass is 79.9. The topological polar surface area (TPSA) is 12.0 Å². The Balaban J connectivity index is 2.62. The van der Waals surface area contributed by atoms with Gasteiger partial charge in [-0.15, -0.1) is 0 Å². The van der Waals surface area contributed by atoms with Crippen molar-refractivity contribution in [3.8, 4) is 0 Å². The second kappa shape index (κ2) is 6.50. The molecule has 0 saturated heterocycles. The second-order valence-corrected chi connectivity index (χ2v) is 6.10. The van der Waals surface area contributed by atoms with E-state index in [2.05, 4.69) is 42.0 Å². The predicted molar refractivity (Wildman–Crippen MR) is 74.7 cm³/mol. The molecule has 1 nitrogen and oxygen atoms in total. The summed E-state index contributed by atoms with van der Waals surface area (Å²) in [5.74, 6) is -0.115. The minimum Gasteiger partial charge on any atom is -0.317 e. The van der Waals surface area contributed by atoms with Crippen molar-refractivity contribution in [2.75, 3.05) is 13.1 Å². The molecule has 1 aromatic rings. The SMILES string of the molecule is CCNCCC(C)(C)Cc1ccc(Br)cc1F. The third kappa shape index (κ3) is 5.17. The summed E-state index contributed by atoms with van der Waals surface area (Å²) in [5.41, 5.74) is 0.923. The second-order valence-electron chi connectivity index (χ2n) is 5.18. The molecule has 0 spiro atoms. The van der Waals surface area contributed by atoms with Crippen molar-refractivity contribution in [1.29, 1.82) is 0 Å². The molecule has 3 heteroatoms. The number of halogens is 2. The number of nitrogens with one attached hydrogen (secondary N) is 1. The summed E-state index contributed by atoms with van der Waals surface area (Å²) < 4.78 is 14.5. The molecule has 0 unspecified atom stereocenters. The molecule has 0 heterocycles. The molecular formula is C14H21BrFN. The van der Waals surface area contributed by atoms with E-state index in [1.807, 2.05) is 12.1 Å². The average Bonchev–Trinajstić information content (AvgIpc) is 2.22. The summed E-state index contributed by atoms with van der Waals surface area (Å²) in [5, 5.41) is 3.31. The van der Waals surface area contributed by atoms with E-state index >= 15 is 0 Å². The molecule has 0 atom stereocenters. The van der Waals surface area contributed by atoms with Gasteiger partial charge in [-0.2, -0.15) is 0 Å². The van der Waals surface area contributed by atoms with Gasteiger partial charge in [0.25, 0.3) is 0 Å². The van der Waals surface area contributed by atoms with Crippen LogP contribution in [0.1, 0.15) is 32.8 Å². The van der Waals surface area contributed by atoms with Crippen LogP contribution >= 0.6 is 15.9 Å². The molecule has 0 aliphatic carbocycles. The zero-order valence-electron chi connectivity index (χ0n) is 10.8. The van der Waals surface area contributed by atoms with Crippen molar-refractivity contribution in [3.63, 3.8) is 0 Å². The maximum Gasteiger partial charge on any atom is 0.127 e. The van der Waals surface area contributed by atoms with Gasteiger partial charge in [0.15, 0.2) is 0 Å². The van der Waals surface area contributed by atoms with Gasteiger partial charge in [0.05, 0.1) is 0 Å². The van der Waals surface area contributed by atoms with E-state index in [1.54, 1.807) is 0 Å². The highest BCUT2D eigenvalue weighted by molar-refractivity contribution is 9.10. The van der Waals surface area contributed by atoms with Crippen LogP contribution in [0.5, 0.6) is 0 Å². The molecule has 1 rings (SSSR count). The third-order valence-electron chi connectivity index (χ3n) is 2.91. The molecule has 0 aliphatic heterocycles. The van der Waals surface area contributed by atoms with Crippen molar-refractivity contribution >= 4 is 15.9 Å². The normalized spacial score (nSPS) is 11.8. The molecular weight excluding hydrogens is 281 g/mol. The fraction of sp³-hybridized carbons (Fsp3) is 0.571. The van der Waals surface area contributed by atoms with Crippen molar-refractivity contribution < 1.29 is 4.39 Å². The first-order valence-electron chi connectivity index (χ1n) is 6.09. The van der Waals surface area contributed by atoms with Gasteiger partial charge >= 0.3 is 0 Å². The molecule has 1 N–H and O–H groups in total. The number of rotatable bonds is 6. The van der Waals surface area contributed by atoms with E-state index in [0.717, 1.165) is 36.0 Å². The van der Waals surface area contributed by atoms with E-state index in [1.165, 1.54) is 6.07 Å². The fourth-order valence-electron chi connectivity index (χ4n) is 1.87. The Morgan fingerprint density at radius 3 is 2.65 bits per heavy atom. The van der Waals surface area contributed by atoms with Crippen LogP contribution in [0.2, 0.25) is 0 Å². The lowest BCUT2D eigenvalue weighted by Gasteiger charge is -2.25. The smallest absolute Gasteiger partial charge is 0.127 e. The molecule has 0 aromatic heterocycles. The van der Waals surface area contributed by atoms with Gasteiger partial charge in [0.1, 0.15) is 5.82 Å². The maximum absolute atomic E-state index is 13.7. The minimum atomic E-state index is -0.115. The van der Waals surface area contributed by atoms with Crippen LogP contribution in [0.25, 0.3) is 0 Å². The Labute approximate surface area is 112 Å². The summed E-state index contributed by atoms with van der Waals surface area (Å²) >= 11 is 3.28. The van der Waals surface area contributed by atoms with E-state index in [0.29, 0.717) is 0 Å². The van der Waals surface area contributed by atoms with E-state index in [9.17, 15) is 4.39 Å². The lowest BCUT2D eigenvalue weighted by molar-refractivity contribution is 0.322. The highest BCUT2D eigenvalue weighted by Crippen LogP contribution is 2.27. The monoisotopic (exact) mass is 301 g/mol. The third-order valence-corrected chi connectivity index (χ3v) is 3.41. The molecule has 17 heavy (non-hydrogen) atoms. The van der Waals surface area contributed by atoms with Crippen molar-refractivity contribution in [2.45, 2.75) is 33.6 Å². The van der Waals surface area contributed by atoms with Gasteiger partial charge in [-0.1, -0.05) is 42.8 Å². The van der Waals surface area contributed by atoms with Crippen LogP contribution in [0.4, 0.5) is 4.39 Å². The molecule has 0 bridgehead atoms. The molecule has 0 saturated carbocycles. The first-order chi connectivity index (χ1) is 7.94. The first kappa shape index (κ1) is 14.7. The van der Waals surface area contributed by atoms with Gasteiger partial charge in [-0.05, 0) is 49.0 Å². The van der Waals surface area contributed by atoms with Crippen LogP contribution in [0, 0.1) is 11.2 Å². The van der Waals surface area contributed by atoms with Gasteiger partial charge < -0.3 is 5.32 Å². The van der Waals surface area contributed by atoms with Gasteiger partial charge in [-0.25, -0.2) is 4.39 Å². The van der Waals surface area contributed by atoms with E-state index in [4.69, 9.17) is 0 Å². The Bertz CT molecular complexity index is 363. The molecule has 1 aromatic carbocycles. The standard InChI is InChI=1S/C14H21BrFN/c1-4-17-8-7-14(2,3)10-11-5-6-12(15)9-13(11)16/h5-6,9,17H,4,7-8,10H2,1-3H3. The van der Waals surface area contributed by atoms with Crippen molar-refractivity contribution in [2.24, 2.45) is 5.41 Å². The Morgan fingerprint density at radius 1 is 1.35 bits per heavy atom. The van der Waals surface area contributed by atoms with Crippen LogP contribution in [-0.2, 0) is 6.42 Å². The van der Waals surface area contributed by atoms with Crippen LogP contribution < -0.4 is 5.32 Å². The molecule has 0 fully saturated rings. The van der Waals surface area contributed by atoms with E-state index < -0.39 is 0 Å². The lowest BCUT2D eigenvalue weighted by Crippen LogP contribution is -2.24. The number of hydrogen-bond acceptors (Lipinski definition) is 1. The first-order valence-corrected chi connectivity index (χ1v) is 6.88. The fourth-order valence-corrected chi connectivity index (χ4v) is 2.21. The molecule has 0 aliphatic rings. The zero-order valence-corrected chi connectivity index (χ0v) is 12.4. The van der Waals surface area contributed by atoms with Crippen molar-refractivity contribution in [1.82, 2.24) is 5.32 Å². The molecule has 96 valence electrons. The van der Waals surface area contributed by atoms with Crippen LogP contribution in [-0.4, -0.2) is 13.1 Å². The summed E-state index contributed by atoms with van der Waals surface area (Å²) in [6.45, 7) is 8.45. The van der Waals surface area contributed by atoms with Crippen LogP contribution in [0.3, 0.4) is 0 Å². The summed E-state index contributed by atoms with van der Waals surface area (Å²) in [6.07, 6.45) is 1.83. The minimum absolute atomic E-state index is 0.115. The maximum atomic E-state index is 13.7. The van der Waals surface area contributed by atoms with Gasteiger partial charge in [0.2, 0.25) is 0 Å². The Hall–Kier alpha value is -0.410. The zero-order chi connectivity index (χ0) is 12.9. The molecule has 0 amide bonds. The summed E-state index contributed by atoms with van der Waals surface area (Å²) in [7, 11) is 0. The highest BCUT2D eigenvalue weighted by Gasteiger charge is 2.19. The summed E-state index contributed by atoms with van der Waals surface area (Å²) in [6, 6.07) is 5.31. The van der Waals surface area contributed by atoms with E-state index in [-0.39, 0.29) is 11.2 Å². The number of benzene rings is 1. The molecule has 0 radical (unpaired) electrons. The largest absolute Gasteiger partial charge is 0.317 e. The quantitative estimate of drug-likeness (QED) is 0.778. The number of hydrogen-bond donors (Lipinski definition) is 1. The lowest BCUT2D eigenvalue weighted by atomic mass is 9.82. The van der Waals surface area contributed by atoms with Crippen molar-refractivity contribution in [3.05, 3.63) is 34.1 Å². The summed E-state index contributed by atoms with van der Waals surface area (Å²) in [4.78, 5) is 0. The average molecular weight is 302 g/mol. The van der Waals surface area contributed by atoms with Gasteiger partial charge in [-0.3, -0.25) is 0 Å². The Morgan fingerprint density at radius 2 is 2.06 bits per heavy atom. The van der Waals surface area contributed by atoms with Crippen LogP contribution in [0.15, 0.2) is 22.7 Å².